The minimum atomic E-state index is -0.466. The van der Waals surface area contributed by atoms with Crippen molar-refractivity contribution in [2.45, 2.75) is 38.3 Å². The topological polar surface area (TPSA) is 32.3 Å². The molecule has 1 rings (SSSR count). The summed E-state index contributed by atoms with van der Waals surface area (Å²) in [5, 5.41) is 3.02. The summed E-state index contributed by atoms with van der Waals surface area (Å²) < 4.78 is 0. The number of carbonyl (C=O) groups is 1. The van der Waals surface area contributed by atoms with Crippen molar-refractivity contribution < 1.29 is 4.79 Å². The molecule has 14 heavy (non-hydrogen) atoms. The van der Waals surface area contributed by atoms with Gasteiger partial charge in [0.05, 0.1) is 11.6 Å². The quantitative estimate of drug-likeness (QED) is 0.653. The molecule has 3 nitrogen and oxygen atoms in total. The molecule has 1 aliphatic rings. The number of piperidine rings is 1. The Labute approximate surface area is 85.9 Å². The van der Waals surface area contributed by atoms with Gasteiger partial charge in [0.1, 0.15) is 0 Å². The van der Waals surface area contributed by atoms with Crippen LogP contribution in [0.1, 0.15) is 26.7 Å². The highest BCUT2D eigenvalue weighted by Crippen LogP contribution is 2.21. The predicted molar refractivity (Wildman–Crippen MR) is 56.7 cm³/mol. The Morgan fingerprint density at radius 2 is 2.29 bits per heavy atom. The maximum Gasteiger partial charge on any atom is 0.240 e. The zero-order chi connectivity index (χ0) is 10.8. The zero-order valence-corrected chi connectivity index (χ0v) is 9.13. The van der Waals surface area contributed by atoms with E-state index in [2.05, 4.69) is 11.2 Å². The fraction of sp³-hybridized carbons (Fsp3) is 0.727. The van der Waals surface area contributed by atoms with Crippen LogP contribution in [0.2, 0.25) is 0 Å². The monoisotopic (exact) mass is 194 g/mol. The van der Waals surface area contributed by atoms with Gasteiger partial charge in [0.15, 0.2) is 0 Å². The normalized spacial score (nSPS) is 23.4. The second-order valence-electron chi connectivity index (χ2n) is 4.18. The van der Waals surface area contributed by atoms with E-state index in [-0.39, 0.29) is 11.9 Å². The molecule has 1 fully saturated rings. The van der Waals surface area contributed by atoms with E-state index in [9.17, 15) is 4.79 Å². The summed E-state index contributed by atoms with van der Waals surface area (Å²) in [5.74, 6) is 2.79. The van der Waals surface area contributed by atoms with E-state index in [1.54, 1.807) is 4.90 Å². The molecule has 1 unspecified atom stereocenters. The minimum Gasteiger partial charge on any atom is -0.325 e. The third-order valence-electron chi connectivity index (χ3n) is 2.82. The van der Waals surface area contributed by atoms with Crippen LogP contribution in [0.5, 0.6) is 0 Å². The molecular formula is C11H18N2O. The summed E-state index contributed by atoms with van der Waals surface area (Å²) in [6.07, 6.45) is 7.35. The molecule has 1 atom stereocenters. The first-order valence-corrected chi connectivity index (χ1v) is 4.99. The summed E-state index contributed by atoms with van der Waals surface area (Å²) >= 11 is 0. The Hall–Kier alpha value is -1.01. The number of likely N-dealkylation sites (tertiary alicyclic amines) is 1. The number of carbonyl (C=O) groups excluding carboxylic acids is 1. The number of amides is 1. The summed E-state index contributed by atoms with van der Waals surface area (Å²) in [4.78, 5) is 13.7. The smallest absolute Gasteiger partial charge is 0.240 e. The van der Waals surface area contributed by atoms with Crippen LogP contribution in [0.3, 0.4) is 0 Å². The van der Waals surface area contributed by atoms with Crippen molar-refractivity contribution in [1.29, 1.82) is 0 Å². The fourth-order valence-corrected chi connectivity index (χ4v) is 1.78. The first-order chi connectivity index (χ1) is 6.53. The maximum atomic E-state index is 11.9. The van der Waals surface area contributed by atoms with E-state index in [0.29, 0.717) is 0 Å². The lowest BCUT2D eigenvalue weighted by atomic mass is 9.96. The summed E-state index contributed by atoms with van der Waals surface area (Å²) in [5.41, 5.74) is -0.466. The molecular weight excluding hydrogens is 176 g/mol. The number of terminal acetylenes is 1. The van der Waals surface area contributed by atoms with Gasteiger partial charge in [-0.2, -0.15) is 0 Å². The summed E-state index contributed by atoms with van der Waals surface area (Å²) in [6, 6.07) is -0.0589. The van der Waals surface area contributed by atoms with Gasteiger partial charge in [0.2, 0.25) is 5.91 Å². The predicted octanol–water partition coefficient (Wildman–Crippen LogP) is 0.609. The zero-order valence-electron chi connectivity index (χ0n) is 9.13. The van der Waals surface area contributed by atoms with Gasteiger partial charge in [0.25, 0.3) is 0 Å². The number of rotatable bonds is 2. The maximum absolute atomic E-state index is 11.9. The number of nitrogens with one attached hydrogen (secondary N) is 1. The van der Waals surface area contributed by atoms with Gasteiger partial charge in [-0.3, -0.25) is 4.79 Å². The highest BCUT2D eigenvalue weighted by atomic mass is 16.2. The van der Waals surface area contributed by atoms with Crippen LogP contribution in [0.15, 0.2) is 0 Å². The highest BCUT2D eigenvalue weighted by molar-refractivity contribution is 5.83. The van der Waals surface area contributed by atoms with Crippen LogP contribution < -0.4 is 5.32 Å². The molecule has 0 saturated carbocycles. The van der Waals surface area contributed by atoms with Crippen LogP contribution in [-0.4, -0.2) is 36.0 Å². The number of nitrogens with zero attached hydrogens (tertiary/aromatic N) is 1. The Kier molecular flexibility index (Phi) is 3.17. The summed E-state index contributed by atoms with van der Waals surface area (Å²) in [6.45, 7) is 4.58. The van der Waals surface area contributed by atoms with Crippen molar-refractivity contribution in [3.05, 3.63) is 0 Å². The van der Waals surface area contributed by atoms with E-state index >= 15 is 0 Å². The van der Waals surface area contributed by atoms with Gasteiger partial charge in [-0.25, -0.2) is 0 Å². The van der Waals surface area contributed by atoms with Crippen LogP contribution in [0, 0.1) is 12.3 Å². The molecule has 0 radical (unpaired) electrons. The Morgan fingerprint density at radius 1 is 1.64 bits per heavy atom. The molecule has 0 bridgehead atoms. The van der Waals surface area contributed by atoms with E-state index in [1.807, 2.05) is 20.9 Å². The third-order valence-corrected chi connectivity index (χ3v) is 2.82. The van der Waals surface area contributed by atoms with E-state index in [0.717, 1.165) is 19.4 Å². The third kappa shape index (κ3) is 1.91. The average molecular weight is 194 g/mol. The Bertz CT molecular complexity index is 265. The first-order valence-electron chi connectivity index (χ1n) is 4.99. The van der Waals surface area contributed by atoms with Gasteiger partial charge in [-0.15, -0.1) is 6.42 Å². The van der Waals surface area contributed by atoms with Crippen molar-refractivity contribution in [3.8, 4) is 12.3 Å². The molecule has 1 saturated heterocycles. The van der Waals surface area contributed by atoms with Crippen LogP contribution in [0.25, 0.3) is 0 Å². The van der Waals surface area contributed by atoms with Gasteiger partial charge >= 0.3 is 0 Å². The number of likely N-dealkylation sites (N-methyl/N-ethyl adjacent to an activating group) is 1. The van der Waals surface area contributed by atoms with Crippen molar-refractivity contribution in [1.82, 2.24) is 10.2 Å². The molecule has 0 aliphatic carbocycles. The molecule has 3 heteroatoms. The Morgan fingerprint density at radius 3 is 2.79 bits per heavy atom. The molecule has 0 aromatic heterocycles. The molecule has 1 heterocycles. The van der Waals surface area contributed by atoms with Gasteiger partial charge in [-0.05, 0) is 33.7 Å². The number of hydrogen-bond acceptors (Lipinski definition) is 2. The standard InChI is InChI=1S/C11H18N2O/c1-5-11(2,3)13-8-6-7-9(12-4)10(13)14/h1,9,12H,6-8H2,2-4H3. The first kappa shape index (κ1) is 11.1. The molecule has 1 aliphatic heterocycles. The minimum absolute atomic E-state index is 0.0589. The molecule has 0 aromatic carbocycles. The van der Waals surface area contributed by atoms with Crippen LogP contribution >= 0.6 is 0 Å². The second-order valence-corrected chi connectivity index (χ2v) is 4.18. The van der Waals surface area contributed by atoms with Crippen LogP contribution in [0.4, 0.5) is 0 Å². The Balaban J connectivity index is 2.81. The van der Waals surface area contributed by atoms with E-state index in [1.165, 1.54) is 0 Å². The van der Waals surface area contributed by atoms with Crippen molar-refractivity contribution in [2.75, 3.05) is 13.6 Å². The molecule has 1 N–H and O–H groups in total. The lowest BCUT2D eigenvalue weighted by Crippen LogP contribution is -2.56. The van der Waals surface area contributed by atoms with Crippen molar-refractivity contribution >= 4 is 5.91 Å². The second kappa shape index (κ2) is 4.02. The van der Waals surface area contributed by atoms with Gasteiger partial charge in [0, 0.05) is 6.54 Å². The average Bonchev–Trinajstić information content (AvgIpc) is 2.18. The van der Waals surface area contributed by atoms with Crippen LogP contribution in [-0.2, 0) is 4.79 Å². The lowest BCUT2D eigenvalue weighted by molar-refractivity contribution is -0.139. The lowest BCUT2D eigenvalue weighted by Gasteiger charge is -2.40. The summed E-state index contributed by atoms with van der Waals surface area (Å²) in [7, 11) is 1.81. The fourth-order valence-electron chi connectivity index (χ4n) is 1.78. The highest BCUT2D eigenvalue weighted by Gasteiger charge is 2.35. The molecule has 0 aromatic rings. The molecule has 1 amide bonds. The molecule has 0 spiro atoms. The molecule has 78 valence electrons. The van der Waals surface area contributed by atoms with Gasteiger partial charge < -0.3 is 10.2 Å². The van der Waals surface area contributed by atoms with Crippen molar-refractivity contribution in [3.63, 3.8) is 0 Å². The SMILES string of the molecule is C#CC(C)(C)N1CCCC(NC)C1=O. The largest absolute Gasteiger partial charge is 0.325 e. The van der Waals surface area contributed by atoms with E-state index in [4.69, 9.17) is 6.42 Å². The van der Waals surface area contributed by atoms with Crippen molar-refractivity contribution in [2.24, 2.45) is 0 Å². The number of hydrogen-bond donors (Lipinski definition) is 1. The van der Waals surface area contributed by atoms with E-state index < -0.39 is 5.54 Å². The van der Waals surface area contributed by atoms with Gasteiger partial charge in [-0.1, -0.05) is 5.92 Å².